The van der Waals surface area contributed by atoms with Crippen molar-refractivity contribution in [3.05, 3.63) is 36.0 Å². The third-order valence-corrected chi connectivity index (χ3v) is 3.27. The number of para-hydroxylation sites is 1. The largest absolute Gasteiger partial charge is 0.361 e. The van der Waals surface area contributed by atoms with E-state index in [1.807, 2.05) is 0 Å². The molecule has 0 amide bonds. The maximum Gasteiger partial charge on any atom is 0.0456 e. The maximum atomic E-state index is 6.19. The van der Waals surface area contributed by atoms with Crippen molar-refractivity contribution >= 4 is 23.3 Å². The van der Waals surface area contributed by atoms with Gasteiger partial charge in [0.25, 0.3) is 0 Å². The van der Waals surface area contributed by atoms with E-state index in [-0.39, 0.29) is 18.4 Å². The first-order chi connectivity index (χ1) is 8.16. The van der Waals surface area contributed by atoms with Crippen LogP contribution >= 0.6 is 12.4 Å². The number of benzene rings is 1. The van der Waals surface area contributed by atoms with E-state index < -0.39 is 0 Å². The van der Waals surface area contributed by atoms with Gasteiger partial charge in [-0.1, -0.05) is 32.0 Å². The van der Waals surface area contributed by atoms with E-state index in [0.717, 1.165) is 18.8 Å². The number of fused-ring (bicyclic) bond motifs is 1. The summed E-state index contributed by atoms with van der Waals surface area (Å²) in [4.78, 5) is 3.30. The van der Waals surface area contributed by atoms with Crippen LogP contribution in [0, 0.1) is 5.92 Å². The van der Waals surface area contributed by atoms with E-state index in [9.17, 15) is 0 Å². The minimum atomic E-state index is 0. The zero-order valence-corrected chi connectivity index (χ0v) is 12.0. The standard InChI is InChI=1S/C15H22N2.ClH/c1-11(2)7-8-13(16)9-12-10-17-15-6-4-3-5-14(12)15;/h3-6,10-11,13,17H,7-9,16H2,1-2H3;1H. The Morgan fingerprint density at radius 3 is 2.61 bits per heavy atom. The monoisotopic (exact) mass is 266 g/mol. The molecule has 1 aromatic heterocycles. The molecule has 0 aliphatic heterocycles. The van der Waals surface area contributed by atoms with Crippen molar-refractivity contribution in [3.63, 3.8) is 0 Å². The van der Waals surface area contributed by atoms with Crippen LogP contribution in [0.25, 0.3) is 10.9 Å². The lowest BCUT2D eigenvalue weighted by atomic mass is 9.98. The van der Waals surface area contributed by atoms with Gasteiger partial charge in [0.1, 0.15) is 0 Å². The molecule has 0 saturated carbocycles. The van der Waals surface area contributed by atoms with Crippen LogP contribution in [0.5, 0.6) is 0 Å². The molecule has 3 N–H and O–H groups in total. The Morgan fingerprint density at radius 1 is 1.17 bits per heavy atom. The molecular weight excluding hydrogens is 244 g/mol. The summed E-state index contributed by atoms with van der Waals surface area (Å²) in [6, 6.07) is 8.69. The van der Waals surface area contributed by atoms with Crippen LogP contribution in [-0.2, 0) is 6.42 Å². The van der Waals surface area contributed by atoms with Crippen LogP contribution in [0.2, 0.25) is 0 Å². The van der Waals surface area contributed by atoms with E-state index >= 15 is 0 Å². The fourth-order valence-corrected chi connectivity index (χ4v) is 2.23. The lowest BCUT2D eigenvalue weighted by molar-refractivity contribution is 0.495. The lowest BCUT2D eigenvalue weighted by Gasteiger charge is -2.12. The zero-order valence-electron chi connectivity index (χ0n) is 11.1. The van der Waals surface area contributed by atoms with Gasteiger partial charge in [-0.25, -0.2) is 0 Å². The SMILES string of the molecule is CC(C)CCC(N)Cc1c[nH]c2ccccc12.Cl. The quantitative estimate of drug-likeness (QED) is 0.847. The number of aromatic amines is 1. The maximum absolute atomic E-state index is 6.19. The van der Waals surface area contributed by atoms with E-state index in [4.69, 9.17) is 5.73 Å². The molecule has 0 radical (unpaired) electrons. The molecule has 3 heteroatoms. The van der Waals surface area contributed by atoms with Gasteiger partial charge < -0.3 is 10.7 Å². The van der Waals surface area contributed by atoms with Gasteiger partial charge in [-0.2, -0.15) is 0 Å². The summed E-state index contributed by atoms with van der Waals surface area (Å²) in [7, 11) is 0. The Kier molecular flexibility index (Phi) is 5.70. The summed E-state index contributed by atoms with van der Waals surface area (Å²) < 4.78 is 0. The average molecular weight is 267 g/mol. The van der Waals surface area contributed by atoms with Crippen LogP contribution in [0.1, 0.15) is 32.3 Å². The van der Waals surface area contributed by atoms with Crippen LogP contribution in [0.15, 0.2) is 30.5 Å². The topological polar surface area (TPSA) is 41.8 Å². The highest BCUT2D eigenvalue weighted by atomic mass is 35.5. The van der Waals surface area contributed by atoms with Gasteiger partial charge in [0.2, 0.25) is 0 Å². The van der Waals surface area contributed by atoms with E-state index in [0.29, 0.717) is 0 Å². The molecule has 0 saturated heterocycles. The van der Waals surface area contributed by atoms with Crippen molar-refractivity contribution in [2.24, 2.45) is 11.7 Å². The van der Waals surface area contributed by atoms with Crippen LogP contribution < -0.4 is 5.73 Å². The number of nitrogens with two attached hydrogens (primary N) is 1. The molecule has 2 nitrogen and oxygen atoms in total. The minimum absolute atomic E-state index is 0. The summed E-state index contributed by atoms with van der Waals surface area (Å²) in [6.07, 6.45) is 5.39. The second-order valence-electron chi connectivity index (χ2n) is 5.29. The van der Waals surface area contributed by atoms with Gasteiger partial charge in [0, 0.05) is 23.1 Å². The molecule has 0 spiro atoms. The molecule has 1 atom stereocenters. The minimum Gasteiger partial charge on any atom is -0.361 e. The van der Waals surface area contributed by atoms with Crippen molar-refractivity contribution in [1.82, 2.24) is 4.98 Å². The first-order valence-electron chi connectivity index (χ1n) is 6.47. The van der Waals surface area contributed by atoms with Crippen LogP contribution in [0.3, 0.4) is 0 Å². The number of hydrogen-bond acceptors (Lipinski definition) is 1. The highest BCUT2D eigenvalue weighted by Crippen LogP contribution is 2.20. The molecule has 0 bridgehead atoms. The van der Waals surface area contributed by atoms with Gasteiger partial charge in [-0.15, -0.1) is 12.4 Å². The number of rotatable bonds is 5. The molecule has 100 valence electrons. The molecular formula is C15H23ClN2. The molecule has 0 fully saturated rings. The number of halogens is 1. The van der Waals surface area contributed by atoms with E-state index in [1.54, 1.807) is 0 Å². The van der Waals surface area contributed by atoms with Crippen molar-refractivity contribution in [3.8, 4) is 0 Å². The third-order valence-electron chi connectivity index (χ3n) is 3.27. The van der Waals surface area contributed by atoms with Gasteiger partial charge in [-0.3, -0.25) is 0 Å². The molecule has 2 aromatic rings. The fraction of sp³-hybridized carbons (Fsp3) is 0.467. The fourth-order valence-electron chi connectivity index (χ4n) is 2.23. The highest BCUT2D eigenvalue weighted by Gasteiger charge is 2.09. The Labute approximate surface area is 115 Å². The molecule has 2 rings (SSSR count). The van der Waals surface area contributed by atoms with Gasteiger partial charge in [0.05, 0.1) is 0 Å². The first-order valence-corrected chi connectivity index (χ1v) is 6.47. The van der Waals surface area contributed by atoms with Gasteiger partial charge in [-0.05, 0) is 36.8 Å². The van der Waals surface area contributed by atoms with Crippen molar-refractivity contribution in [1.29, 1.82) is 0 Å². The molecule has 0 aliphatic rings. The van der Waals surface area contributed by atoms with Gasteiger partial charge in [0.15, 0.2) is 0 Å². The Balaban J connectivity index is 0.00000162. The van der Waals surface area contributed by atoms with Crippen molar-refractivity contribution in [2.45, 2.75) is 39.2 Å². The van der Waals surface area contributed by atoms with Crippen LogP contribution in [0.4, 0.5) is 0 Å². The molecule has 1 heterocycles. The molecule has 18 heavy (non-hydrogen) atoms. The normalized spacial score (nSPS) is 12.7. The summed E-state index contributed by atoms with van der Waals surface area (Å²) in [6.45, 7) is 4.50. The molecule has 1 unspecified atom stereocenters. The van der Waals surface area contributed by atoms with Crippen molar-refractivity contribution < 1.29 is 0 Å². The van der Waals surface area contributed by atoms with Crippen molar-refractivity contribution in [2.75, 3.05) is 0 Å². The van der Waals surface area contributed by atoms with E-state index in [1.165, 1.54) is 22.9 Å². The van der Waals surface area contributed by atoms with Crippen LogP contribution in [-0.4, -0.2) is 11.0 Å². The second-order valence-corrected chi connectivity index (χ2v) is 5.29. The summed E-state index contributed by atoms with van der Waals surface area (Å²) in [5, 5.41) is 1.31. The number of H-pyrrole nitrogens is 1. The molecule has 0 aliphatic carbocycles. The average Bonchev–Trinajstić information content (AvgIpc) is 2.70. The zero-order chi connectivity index (χ0) is 12.3. The molecule has 1 aromatic carbocycles. The Morgan fingerprint density at radius 2 is 1.89 bits per heavy atom. The smallest absolute Gasteiger partial charge is 0.0456 e. The number of nitrogens with one attached hydrogen (secondary N) is 1. The van der Waals surface area contributed by atoms with Gasteiger partial charge >= 0.3 is 0 Å². The predicted molar refractivity (Wildman–Crippen MR) is 81.3 cm³/mol. The number of aromatic nitrogens is 1. The second kappa shape index (κ2) is 6.81. The first kappa shape index (κ1) is 15.1. The summed E-state index contributed by atoms with van der Waals surface area (Å²) >= 11 is 0. The third kappa shape index (κ3) is 3.76. The summed E-state index contributed by atoms with van der Waals surface area (Å²) in [5.74, 6) is 0.740. The lowest BCUT2D eigenvalue weighted by Crippen LogP contribution is -2.23. The predicted octanol–water partition coefficient (Wildman–Crippen LogP) is 3.90. The summed E-state index contributed by atoms with van der Waals surface area (Å²) in [5.41, 5.74) is 8.74. The highest BCUT2D eigenvalue weighted by molar-refractivity contribution is 5.85. The Hall–Kier alpha value is -0.990. The Bertz CT molecular complexity index is 476. The number of hydrogen-bond donors (Lipinski definition) is 2. The van der Waals surface area contributed by atoms with E-state index in [2.05, 4.69) is 49.3 Å².